The topological polar surface area (TPSA) is 76.3 Å². The summed E-state index contributed by atoms with van der Waals surface area (Å²) in [7, 11) is 1.69. The second kappa shape index (κ2) is 5.07. The molecule has 0 N–H and O–H groups in total. The van der Waals surface area contributed by atoms with Gasteiger partial charge in [0.05, 0.1) is 16.3 Å². The molecule has 0 spiro atoms. The largest absolute Gasteiger partial charge is 0.336 e. The number of para-hydroxylation sites is 1. The number of hydrogen-bond donors (Lipinski definition) is 0. The van der Waals surface area contributed by atoms with Gasteiger partial charge in [-0.3, -0.25) is 14.9 Å². The highest BCUT2D eigenvalue weighted by Crippen LogP contribution is 2.37. The molecule has 3 atom stereocenters. The van der Waals surface area contributed by atoms with Crippen LogP contribution in [0.15, 0.2) is 24.3 Å². The third kappa shape index (κ3) is 2.49. The third-order valence-corrected chi connectivity index (χ3v) is 5.15. The van der Waals surface area contributed by atoms with E-state index in [0.717, 1.165) is 15.2 Å². The Morgan fingerprint density at radius 1 is 1.52 bits per heavy atom. The maximum Gasteiger partial charge on any atom is 0.233 e. The van der Waals surface area contributed by atoms with Gasteiger partial charge in [0.1, 0.15) is 10.9 Å². The highest BCUT2D eigenvalue weighted by molar-refractivity contribution is 7.18. The molecule has 1 fully saturated rings. The Morgan fingerprint density at radius 3 is 2.86 bits per heavy atom. The fourth-order valence-corrected chi connectivity index (χ4v) is 3.43. The number of nitro groups is 1. The Balaban J connectivity index is 1.76. The summed E-state index contributed by atoms with van der Waals surface area (Å²) in [6, 6.07) is 6.93. The summed E-state index contributed by atoms with van der Waals surface area (Å²) in [6.45, 7) is 1.90. The van der Waals surface area contributed by atoms with Crippen molar-refractivity contribution >= 4 is 27.5 Å². The van der Waals surface area contributed by atoms with Crippen molar-refractivity contribution in [3.8, 4) is 0 Å². The van der Waals surface area contributed by atoms with Gasteiger partial charge in [0.15, 0.2) is 0 Å². The van der Waals surface area contributed by atoms with Gasteiger partial charge in [0, 0.05) is 18.4 Å². The predicted molar refractivity (Wildman–Crippen MR) is 79.7 cm³/mol. The Kier molecular flexibility index (Phi) is 3.36. The van der Waals surface area contributed by atoms with Crippen LogP contribution >= 0.6 is 11.3 Å². The molecule has 1 aromatic heterocycles. The van der Waals surface area contributed by atoms with Crippen molar-refractivity contribution in [2.24, 2.45) is 5.92 Å². The zero-order valence-corrected chi connectivity index (χ0v) is 12.5. The summed E-state index contributed by atoms with van der Waals surface area (Å²) in [4.78, 5) is 28.7. The van der Waals surface area contributed by atoms with E-state index in [-0.39, 0.29) is 16.9 Å². The van der Waals surface area contributed by atoms with Gasteiger partial charge in [-0.1, -0.05) is 12.1 Å². The second-order valence-electron chi connectivity index (χ2n) is 5.34. The number of hydrogen-bond acceptors (Lipinski definition) is 5. The summed E-state index contributed by atoms with van der Waals surface area (Å²) in [6.07, 6.45) is 0.350. The van der Waals surface area contributed by atoms with Crippen LogP contribution in [0.1, 0.15) is 24.4 Å². The first-order valence-electron chi connectivity index (χ1n) is 6.74. The lowest BCUT2D eigenvalue weighted by Gasteiger charge is -2.22. The summed E-state index contributed by atoms with van der Waals surface area (Å²) in [5.74, 6) is -0.634. The number of rotatable bonds is 4. The van der Waals surface area contributed by atoms with Crippen molar-refractivity contribution in [1.82, 2.24) is 9.88 Å². The standard InChI is InChI=1S/C14H15N3O3S/c1-8(13-15-10-5-3-4-6-12(10)21-13)16(2)14(18)9-7-11(9)17(19)20/h3-6,8-9,11H,7H2,1-2H3/t8-,9+,11-/m1/s1. The van der Waals surface area contributed by atoms with Crippen LogP contribution in [0.3, 0.4) is 0 Å². The first kappa shape index (κ1) is 13.9. The molecule has 7 heteroatoms. The smallest absolute Gasteiger partial charge is 0.233 e. The third-order valence-electron chi connectivity index (χ3n) is 3.94. The maximum atomic E-state index is 12.2. The normalized spacial score (nSPS) is 22.0. The summed E-state index contributed by atoms with van der Waals surface area (Å²) in [5, 5.41) is 11.5. The molecule has 0 aliphatic heterocycles. The van der Waals surface area contributed by atoms with E-state index in [0.29, 0.717) is 6.42 Å². The minimum Gasteiger partial charge on any atom is -0.336 e. The van der Waals surface area contributed by atoms with Gasteiger partial charge in [-0.2, -0.15) is 0 Å². The van der Waals surface area contributed by atoms with Gasteiger partial charge < -0.3 is 4.90 Å². The van der Waals surface area contributed by atoms with E-state index in [2.05, 4.69) is 4.98 Å². The molecular weight excluding hydrogens is 290 g/mol. The number of fused-ring (bicyclic) bond motifs is 1. The van der Waals surface area contributed by atoms with Crippen LogP contribution in [0.25, 0.3) is 10.2 Å². The van der Waals surface area contributed by atoms with Crippen LogP contribution in [0, 0.1) is 16.0 Å². The van der Waals surface area contributed by atoms with Crippen LogP contribution < -0.4 is 0 Å². The zero-order chi connectivity index (χ0) is 15.1. The molecule has 1 aliphatic rings. The van der Waals surface area contributed by atoms with E-state index in [1.807, 2.05) is 31.2 Å². The van der Waals surface area contributed by atoms with Crippen molar-refractivity contribution in [1.29, 1.82) is 0 Å². The lowest BCUT2D eigenvalue weighted by atomic mass is 10.2. The number of carbonyl (C=O) groups is 1. The first-order chi connectivity index (χ1) is 9.99. The Labute approximate surface area is 125 Å². The quantitative estimate of drug-likeness (QED) is 0.642. The number of nitrogens with zero attached hydrogens (tertiary/aromatic N) is 3. The lowest BCUT2D eigenvalue weighted by Crippen LogP contribution is -2.32. The molecule has 1 saturated carbocycles. The van der Waals surface area contributed by atoms with E-state index in [1.54, 1.807) is 23.3 Å². The summed E-state index contributed by atoms with van der Waals surface area (Å²) >= 11 is 1.55. The average Bonchev–Trinajstić information content (AvgIpc) is 3.16. The first-order valence-corrected chi connectivity index (χ1v) is 7.56. The highest BCUT2D eigenvalue weighted by Gasteiger charge is 2.54. The average molecular weight is 305 g/mol. The molecule has 21 heavy (non-hydrogen) atoms. The number of amides is 1. The second-order valence-corrected chi connectivity index (χ2v) is 6.40. The zero-order valence-electron chi connectivity index (χ0n) is 11.7. The highest BCUT2D eigenvalue weighted by atomic mass is 32.1. The minimum atomic E-state index is -0.706. The van der Waals surface area contributed by atoms with Crippen LogP contribution in [0.5, 0.6) is 0 Å². The van der Waals surface area contributed by atoms with E-state index in [9.17, 15) is 14.9 Å². The summed E-state index contributed by atoms with van der Waals surface area (Å²) in [5.41, 5.74) is 0.916. The molecule has 6 nitrogen and oxygen atoms in total. The molecule has 0 bridgehead atoms. The van der Waals surface area contributed by atoms with Crippen LogP contribution in [0.4, 0.5) is 0 Å². The molecule has 0 unspecified atom stereocenters. The Morgan fingerprint density at radius 2 is 2.24 bits per heavy atom. The van der Waals surface area contributed by atoms with Gasteiger partial charge >= 0.3 is 0 Å². The van der Waals surface area contributed by atoms with Gasteiger partial charge in [0.2, 0.25) is 11.9 Å². The van der Waals surface area contributed by atoms with Crippen molar-refractivity contribution < 1.29 is 9.72 Å². The fourth-order valence-electron chi connectivity index (χ4n) is 2.37. The minimum absolute atomic E-state index is 0.163. The van der Waals surface area contributed by atoms with Crippen LogP contribution in [0.2, 0.25) is 0 Å². The SMILES string of the molecule is C[C@H](c1nc2ccccc2s1)N(C)C(=O)[C@H]1C[C@H]1[N+](=O)[O-]. The molecule has 1 heterocycles. The van der Waals surface area contributed by atoms with E-state index in [1.165, 1.54) is 0 Å². The van der Waals surface area contributed by atoms with Crippen molar-refractivity contribution in [3.05, 3.63) is 39.4 Å². The van der Waals surface area contributed by atoms with Crippen LogP contribution in [-0.2, 0) is 4.79 Å². The predicted octanol–water partition coefficient (Wildman–Crippen LogP) is 2.48. The lowest BCUT2D eigenvalue weighted by molar-refractivity contribution is -0.497. The van der Waals surface area contributed by atoms with Gasteiger partial charge in [-0.05, 0) is 19.1 Å². The molecule has 2 aromatic rings. The molecule has 3 rings (SSSR count). The van der Waals surface area contributed by atoms with Gasteiger partial charge in [-0.25, -0.2) is 4.98 Å². The molecule has 1 aromatic carbocycles. The van der Waals surface area contributed by atoms with E-state index in [4.69, 9.17) is 0 Å². The monoisotopic (exact) mass is 305 g/mol. The van der Waals surface area contributed by atoms with Crippen LogP contribution in [-0.4, -0.2) is 33.8 Å². The number of carbonyl (C=O) groups excluding carboxylic acids is 1. The fraction of sp³-hybridized carbons (Fsp3) is 0.429. The molecule has 1 amide bonds. The van der Waals surface area contributed by atoms with E-state index >= 15 is 0 Å². The van der Waals surface area contributed by atoms with Crippen molar-refractivity contribution in [3.63, 3.8) is 0 Å². The van der Waals surface area contributed by atoms with Gasteiger partial charge in [-0.15, -0.1) is 11.3 Å². The number of benzene rings is 1. The molecule has 0 radical (unpaired) electrons. The van der Waals surface area contributed by atoms with Crippen molar-refractivity contribution in [2.45, 2.75) is 25.4 Å². The molecule has 110 valence electrons. The van der Waals surface area contributed by atoms with Crippen molar-refractivity contribution in [2.75, 3.05) is 7.05 Å². The number of aromatic nitrogens is 1. The number of thiazole rings is 1. The summed E-state index contributed by atoms with van der Waals surface area (Å²) < 4.78 is 1.08. The van der Waals surface area contributed by atoms with E-state index < -0.39 is 12.0 Å². The molecular formula is C14H15N3O3S. The molecule has 0 saturated heterocycles. The van der Waals surface area contributed by atoms with Gasteiger partial charge in [0.25, 0.3) is 0 Å². The maximum absolute atomic E-state index is 12.2. The Hall–Kier alpha value is -2.02. The molecule has 1 aliphatic carbocycles. The Bertz CT molecular complexity index is 681.